The Bertz CT molecular complexity index is 1110. The van der Waals surface area contributed by atoms with Gasteiger partial charge in [0.15, 0.2) is 5.11 Å². The molecule has 0 radical (unpaired) electrons. The maximum atomic E-state index is 5.95. The fraction of sp³-hybridized carbons (Fsp3) is 0.407. The molecule has 3 heterocycles. The monoisotopic (exact) mass is 444 g/mol. The first-order valence-corrected chi connectivity index (χ1v) is 12.2. The highest BCUT2D eigenvalue weighted by molar-refractivity contribution is 7.80. The van der Waals surface area contributed by atoms with Crippen LogP contribution in [0.25, 0.3) is 5.69 Å². The number of rotatable bonds is 4. The van der Waals surface area contributed by atoms with Crippen LogP contribution in [0, 0.1) is 20.8 Å². The first kappa shape index (κ1) is 21.2. The van der Waals surface area contributed by atoms with Crippen molar-refractivity contribution in [1.29, 1.82) is 0 Å². The molecule has 166 valence electrons. The zero-order chi connectivity index (χ0) is 22.2. The van der Waals surface area contributed by atoms with E-state index < -0.39 is 0 Å². The number of aryl methyl sites for hydroxylation is 2. The molecule has 1 aliphatic heterocycles. The Morgan fingerprint density at radius 2 is 1.78 bits per heavy atom. The predicted octanol–water partition coefficient (Wildman–Crippen LogP) is 6.10. The lowest BCUT2D eigenvalue weighted by Crippen LogP contribution is -2.40. The Hall–Kier alpha value is -2.66. The topological polar surface area (TPSA) is 33.1 Å². The first-order valence-electron chi connectivity index (χ1n) is 11.8. The van der Waals surface area contributed by atoms with Crippen LogP contribution in [0.1, 0.15) is 72.4 Å². The van der Waals surface area contributed by atoms with Crippen LogP contribution in [0.3, 0.4) is 0 Å². The van der Waals surface area contributed by atoms with E-state index in [1.807, 2.05) is 12.3 Å². The van der Waals surface area contributed by atoms with Gasteiger partial charge in [0.2, 0.25) is 0 Å². The standard InChI is InChI=1S/C27H32N4S/c1-18-10-9-13-22(16-18)30-19(2)17-23(20(30)3)26-25(24-14-7-8-15-28-24)29-27(32)31(26)21-11-5-4-6-12-21/h7-10,13-17,21,25-26H,4-6,11-12H2,1-3H3,(H,29,32)/t25-,26-/m1/s1. The lowest BCUT2D eigenvalue weighted by Gasteiger charge is -2.37. The molecule has 5 rings (SSSR count). The van der Waals surface area contributed by atoms with Crippen molar-refractivity contribution in [2.75, 3.05) is 0 Å². The van der Waals surface area contributed by atoms with Gasteiger partial charge in [-0.2, -0.15) is 0 Å². The van der Waals surface area contributed by atoms with Gasteiger partial charge >= 0.3 is 0 Å². The third kappa shape index (κ3) is 3.73. The Morgan fingerprint density at radius 1 is 0.969 bits per heavy atom. The fourth-order valence-electron chi connectivity index (χ4n) is 5.70. The largest absolute Gasteiger partial charge is 0.352 e. The van der Waals surface area contributed by atoms with Gasteiger partial charge in [-0.05, 0) is 87.3 Å². The van der Waals surface area contributed by atoms with Crippen LogP contribution in [0.15, 0.2) is 54.7 Å². The molecule has 2 aliphatic rings. The minimum atomic E-state index is 0.0529. The molecule has 4 nitrogen and oxygen atoms in total. The van der Waals surface area contributed by atoms with Crippen LogP contribution in [0.5, 0.6) is 0 Å². The van der Waals surface area contributed by atoms with Crippen molar-refractivity contribution in [3.8, 4) is 5.69 Å². The summed E-state index contributed by atoms with van der Waals surface area (Å²) in [5, 5.41) is 4.53. The summed E-state index contributed by atoms with van der Waals surface area (Å²) < 4.78 is 2.39. The summed E-state index contributed by atoms with van der Waals surface area (Å²) in [5.74, 6) is 0. The summed E-state index contributed by atoms with van der Waals surface area (Å²) in [6, 6.07) is 18.0. The van der Waals surface area contributed by atoms with Crippen molar-refractivity contribution in [3.63, 3.8) is 0 Å². The van der Waals surface area contributed by atoms with Gasteiger partial charge in [0, 0.05) is 29.3 Å². The van der Waals surface area contributed by atoms with Crippen molar-refractivity contribution in [2.24, 2.45) is 0 Å². The molecule has 3 aromatic rings. The molecule has 0 amide bonds. The Morgan fingerprint density at radius 3 is 2.50 bits per heavy atom. The molecule has 1 N–H and O–H groups in total. The normalized spacial score (nSPS) is 21.7. The molecule has 1 aromatic carbocycles. The van der Waals surface area contributed by atoms with E-state index in [2.05, 4.69) is 78.0 Å². The molecule has 2 atom stereocenters. The molecule has 1 aliphatic carbocycles. The van der Waals surface area contributed by atoms with Crippen molar-refractivity contribution in [1.82, 2.24) is 19.8 Å². The lowest BCUT2D eigenvalue weighted by molar-refractivity contribution is 0.197. The van der Waals surface area contributed by atoms with E-state index in [-0.39, 0.29) is 12.1 Å². The second kappa shape index (κ2) is 8.70. The van der Waals surface area contributed by atoms with Gasteiger partial charge in [-0.3, -0.25) is 4.98 Å². The van der Waals surface area contributed by atoms with Crippen LogP contribution in [0.2, 0.25) is 0 Å². The Balaban J connectivity index is 1.63. The van der Waals surface area contributed by atoms with E-state index in [0.717, 1.165) is 10.8 Å². The summed E-state index contributed by atoms with van der Waals surface area (Å²) >= 11 is 5.95. The van der Waals surface area contributed by atoms with Crippen molar-refractivity contribution in [3.05, 3.63) is 82.9 Å². The number of hydrogen-bond acceptors (Lipinski definition) is 2. The van der Waals surface area contributed by atoms with E-state index in [1.165, 1.54) is 60.3 Å². The van der Waals surface area contributed by atoms with Gasteiger partial charge in [-0.15, -0.1) is 0 Å². The van der Waals surface area contributed by atoms with Crippen LogP contribution in [-0.4, -0.2) is 25.6 Å². The number of pyridine rings is 1. The second-order valence-electron chi connectivity index (χ2n) is 9.33. The lowest BCUT2D eigenvalue weighted by atomic mass is 9.90. The van der Waals surface area contributed by atoms with Crippen LogP contribution >= 0.6 is 12.2 Å². The third-order valence-corrected chi connectivity index (χ3v) is 7.48. The highest BCUT2D eigenvalue weighted by atomic mass is 32.1. The molecule has 1 saturated carbocycles. The average Bonchev–Trinajstić information content (AvgIpc) is 3.30. The highest BCUT2D eigenvalue weighted by Gasteiger charge is 2.44. The van der Waals surface area contributed by atoms with Crippen LogP contribution < -0.4 is 5.32 Å². The summed E-state index contributed by atoms with van der Waals surface area (Å²) in [4.78, 5) is 7.23. The summed E-state index contributed by atoms with van der Waals surface area (Å²) in [6.45, 7) is 6.61. The molecule has 0 bridgehead atoms. The summed E-state index contributed by atoms with van der Waals surface area (Å²) in [5.41, 5.74) is 7.43. The maximum absolute atomic E-state index is 5.95. The smallest absolute Gasteiger partial charge is 0.170 e. The average molecular weight is 445 g/mol. The highest BCUT2D eigenvalue weighted by Crippen LogP contribution is 2.44. The summed E-state index contributed by atoms with van der Waals surface area (Å²) in [6.07, 6.45) is 8.21. The molecule has 32 heavy (non-hydrogen) atoms. The zero-order valence-corrected chi connectivity index (χ0v) is 20.0. The van der Waals surface area contributed by atoms with E-state index in [0.29, 0.717) is 6.04 Å². The van der Waals surface area contributed by atoms with Crippen LogP contribution in [-0.2, 0) is 0 Å². The molecule has 5 heteroatoms. The van der Waals surface area contributed by atoms with E-state index in [4.69, 9.17) is 17.2 Å². The number of thiocarbonyl (C=S) groups is 1. The van der Waals surface area contributed by atoms with Crippen LogP contribution in [0.4, 0.5) is 0 Å². The molecule has 2 aromatic heterocycles. The zero-order valence-electron chi connectivity index (χ0n) is 19.2. The number of aromatic nitrogens is 2. The minimum Gasteiger partial charge on any atom is -0.352 e. The van der Waals surface area contributed by atoms with Crippen molar-refractivity contribution in [2.45, 2.75) is 71.0 Å². The SMILES string of the molecule is Cc1cccc(-n2c(C)cc([C@@H]3[C@@H](c4ccccn4)NC(=S)N3C3CCCCC3)c2C)c1. The third-order valence-electron chi connectivity index (χ3n) is 7.15. The van der Waals surface area contributed by atoms with Crippen molar-refractivity contribution < 1.29 is 0 Å². The van der Waals surface area contributed by atoms with Gasteiger partial charge in [0.05, 0.1) is 17.8 Å². The number of hydrogen-bond donors (Lipinski definition) is 1. The Labute approximate surface area is 196 Å². The molecular weight excluding hydrogens is 412 g/mol. The Kier molecular flexibility index (Phi) is 5.76. The second-order valence-corrected chi connectivity index (χ2v) is 9.71. The minimum absolute atomic E-state index is 0.0529. The molecule has 1 saturated heterocycles. The quantitative estimate of drug-likeness (QED) is 0.493. The van der Waals surface area contributed by atoms with E-state index >= 15 is 0 Å². The van der Waals surface area contributed by atoms with E-state index in [1.54, 1.807) is 0 Å². The van der Waals surface area contributed by atoms with Gasteiger partial charge in [0.25, 0.3) is 0 Å². The van der Waals surface area contributed by atoms with Gasteiger partial charge in [0.1, 0.15) is 0 Å². The number of nitrogens with one attached hydrogen (secondary N) is 1. The fourth-order valence-corrected chi connectivity index (χ4v) is 6.09. The predicted molar refractivity (Wildman–Crippen MR) is 134 cm³/mol. The maximum Gasteiger partial charge on any atom is 0.170 e. The van der Waals surface area contributed by atoms with E-state index in [9.17, 15) is 0 Å². The number of benzene rings is 1. The summed E-state index contributed by atoms with van der Waals surface area (Å²) in [7, 11) is 0. The molecule has 0 spiro atoms. The van der Waals surface area contributed by atoms with Gasteiger partial charge in [-0.25, -0.2) is 0 Å². The molecular formula is C27H32N4S. The van der Waals surface area contributed by atoms with Crippen molar-refractivity contribution >= 4 is 17.3 Å². The molecule has 2 fully saturated rings. The first-order chi connectivity index (χ1) is 15.5. The van der Waals surface area contributed by atoms with Gasteiger partial charge < -0.3 is 14.8 Å². The number of nitrogens with zero attached hydrogens (tertiary/aromatic N) is 3. The van der Waals surface area contributed by atoms with Gasteiger partial charge in [-0.1, -0.05) is 37.5 Å². The molecule has 0 unspecified atom stereocenters.